The van der Waals surface area contributed by atoms with Crippen LogP contribution in [0.1, 0.15) is 17.9 Å². The lowest BCUT2D eigenvalue weighted by molar-refractivity contribution is -0.140. The summed E-state index contributed by atoms with van der Waals surface area (Å²) in [6.45, 7) is -0.912. The Morgan fingerprint density at radius 1 is 1.39 bits per heavy atom. The summed E-state index contributed by atoms with van der Waals surface area (Å²) in [4.78, 5) is 15.9. The van der Waals surface area contributed by atoms with E-state index in [9.17, 15) is 23.2 Å². The second-order valence-electron chi connectivity index (χ2n) is 6.89. The number of nitrogens with one attached hydrogen (secondary N) is 1. The molecule has 0 saturated carbocycles. The summed E-state index contributed by atoms with van der Waals surface area (Å²) in [6, 6.07) is 7.79. The molecule has 1 aromatic carbocycles. The van der Waals surface area contributed by atoms with Crippen LogP contribution in [0, 0.1) is 0 Å². The van der Waals surface area contributed by atoms with Crippen LogP contribution in [0.2, 0.25) is 5.02 Å². The number of aromatic nitrogens is 2. The summed E-state index contributed by atoms with van der Waals surface area (Å²) in [5.74, 6) is -4.08. The molecule has 0 amide bonds. The van der Waals surface area contributed by atoms with E-state index in [2.05, 4.69) is 10.1 Å². The van der Waals surface area contributed by atoms with Gasteiger partial charge < -0.3 is 14.9 Å². The molecular formula is C17H17ClF2N3O7P. The molecule has 3 N–H and O–H groups in total. The van der Waals surface area contributed by atoms with Crippen molar-refractivity contribution in [2.75, 3.05) is 18.3 Å². The van der Waals surface area contributed by atoms with E-state index in [1.54, 1.807) is 24.3 Å². The predicted molar refractivity (Wildman–Crippen MR) is 103 cm³/mol. The third-order valence-corrected chi connectivity index (χ3v) is 6.53. The van der Waals surface area contributed by atoms with Crippen molar-refractivity contribution < 1.29 is 37.3 Å². The van der Waals surface area contributed by atoms with Gasteiger partial charge in [-0.2, -0.15) is 13.8 Å². The zero-order chi connectivity index (χ0) is 22.4. The number of aliphatic hydroxyl groups is 2. The lowest BCUT2D eigenvalue weighted by atomic mass is 10.1. The van der Waals surface area contributed by atoms with Crippen LogP contribution < -0.4 is 10.8 Å². The molecule has 168 valence electrons. The molecule has 2 aromatic rings. The fourth-order valence-electron chi connectivity index (χ4n) is 3.23. The number of anilines is 1. The molecule has 10 nitrogen and oxygen atoms in total. The van der Waals surface area contributed by atoms with Crippen LogP contribution in [-0.4, -0.2) is 51.1 Å². The van der Waals surface area contributed by atoms with Crippen molar-refractivity contribution in [1.29, 1.82) is 0 Å². The molecule has 4 rings (SSSR count). The van der Waals surface area contributed by atoms with Gasteiger partial charge in [0.05, 0.1) is 13.2 Å². The molecule has 0 unspecified atom stereocenters. The number of aliphatic hydroxyl groups excluding tert-OH is 2. The van der Waals surface area contributed by atoms with E-state index in [1.165, 1.54) is 0 Å². The van der Waals surface area contributed by atoms with Gasteiger partial charge in [-0.3, -0.25) is 18.7 Å². The highest BCUT2D eigenvalue weighted by Gasteiger charge is 2.59. The van der Waals surface area contributed by atoms with Crippen LogP contribution in [0.3, 0.4) is 0 Å². The van der Waals surface area contributed by atoms with Crippen LogP contribution in [0.4, 0.5) is 14.6 Å². The maximum Gasteiger partial charge on any atom is 0.434 e. The molecule has 5 atom stereocenters. The molecule has 31 heavy (non-hydrogen) atoms. The third-order valence-electron chi connectivity index (χ3n) is 4.78. The Hall–Kier alpha value is -1.92. The smallest absolute Gasteiger partial charge is 0.394 e. The molecule has 0 bridgehead atoms. The van der Waals surface area contributed by atoms with Gasteiger partial charge in [0, 0.05) is 11.2 Å². The van der Waals surface area contributed by atoms with Crippen molar-refractivity contribution in [2.45, 2.75) is 30.5 Å². The first kappa shape index (κ1) is 22.3. The Morgan fingerprint density at radius 2 is 2.16 bits per heavy atom. The molecule has 0 aliphatic carbocycles. The van der Waals surface area contributed by atoms with Crippen molar-refractivity contribution in [3.63, 3.8) is 0 Å². The second-order valence-corrected chi connectivity index (χ2v) is 9.01. The molecule has 2 aliphatic heterocycles. The monoisotopic (exact) mass is 479 g/mol. The molecule has 1 aromatic heterocycles. The van der Waals surface area contributed by atoms with E-state index >= 15 is 0 Å². The second kappa shape index (κ2) is 8.21. The molecule has 14 heteroatoms. The van der Waals surface area contributed by atoms with Gasteiger partial charge in [0.2, 0.25) is 6.23 Å². The summed E-state index contributed by atoms with van der Waals surface area (Å²) in [6.07, 6.45) is -5.79. The Labute approximate surface area is 178 Å². The number of ether oxygens (including phenoxy) is 1. The van der Waals surface area contributed by atoms with Crippen molar-refractivity contribution in [3.8, 4) is 0 Å². The highest BCUT2D eigenvalue weighted by Crippen LogP contribution is 2.57. The summed E-state index contributed by atoms with van der Waals surface area (Å²) in [5.41, 5.74) is -0.536. The number of nitrogens with zero attached hydrogens (tertiary/aromatic N) is 2. The predicted octanol–water partition coefficient (Wildman–Crippen LogP) is 2.09. The van der Waals surface area contributed by atoms with Gasteiger partial charge in [0.25, 0.3) is 0 Å². The van der Waals surface area contributed by atoms with Gasteiger partial charge >= 0.3 is 19.4 Å². The standard InChI is InChI=1S/C17H17ClF2N3O7P/c18-10-3-1-2-9(6-10)12-8-28-31(27,30-12)22-13-4-5-23(16(26)21-13)15-17(19,20)14(25)11(7-24)29-15/h1-6,11-12,14-15,24-25H,7-8H2,(H,21,22,26,27)/t11-,12-,14-,15-,31-/m1/s1. The quantitative estimate of drug-likeness (QED) is 0.551. The number of hydrogen-bond acceptors (Lipinski definition) is 8. The highest BCUT2D eigenvalue weighted by molar-refractivity contribution is 7.55. The van der Waals surface area contributed by atoms with E-state index < -0.39 is 50.5 Å². The minimum Gasteiger partial charge on any atom is -0.394 e. The molecule has 3 heterocycles. The number of benzene rings is 1. The van der Waals surface area contributed by atoms with Crippen molar-refractivity contribution >= 4 is 25.2 Å². The van der Waals surface area contributed by atoms with Crippen molar-refractivity contribution in [3.05, 3.63) is 57.6 Å². The zero-order valence-electron chi connectivity index (χ0n) is 15.6. The van der Waals surface area contributed by atoms with E-state index in [0.29, 0.717) is 15.2 Å². The molecular weight excluding hydrogens is 463 g/mol. The highest BCUT2D eigenvalue weighted by atomic mass is 35.5. The van der Waals surface area contributed by atoms with Crippen molar-refractivity contribution in [2.24, 2.45) is 0 Å². The van der Waals surface area contributed by atoms with Crippen LogP contribution >= 0.6 is 19.3 Å². The summed E-state index contributed by atoms with van der Waals surface area (Å²) in [5, 5.41) is 21.5. The van der Waals surface area contributed by atoms with Crippen LogP contribution in [0.5, 0.6) is 0 Å². The lowest BCUT2D eigenvalue weighted by Crippen LogP contribution is -2.41. The lowest BCUT2D eigenvalue weighted by Gasteiger charge is -2.21. The summed E-state index contributed by atoms with van der Waals surface area (Å²) in [7, 11) is -3.90. The molecule has 0 spiro atoms. The average Bonchev–Trinajstić information content (AvgIpc) is 3.20. The van der Waals surface area contributed by atoms with Crippen LogP contribution in [0.15, 0.2) is 41.3 Å². The average molecular weight is 480 g/mol. The number of hydrogen-bond donors (Lipinski definition) is 3. The molecule has 2 fully saturated rings. The van der Waals surface area contributed by atoms with Gasteiger partial charge in [0.1, 0.15) is 18.0 Å². The van der Waals surface area contributed by atoms with E-state index in [0.717, 1.165) is 12.3 Å². The Kier molecular flexibility index (Phi) is 5.90. The van der Waals surface area contributed by atoms with E-state index in [1.807, 2.05) is 0 Å². The van der Waals surface area contributed by atoms with Gasteiger partial charge in [-0.25, -0.2) is 9.36 Å². The van der Waals surface area contributed by atoms with Gasteiger partial charge in [-0.15, -0.1) is 0 Å². The number of alkyl halides is 2. The molecule has 0 radical (unpaired) electrons. The third kappa shape index (κ3) is 4.24. The Morgan fingerprint density at radius 3 is 2.81 bits per heavy atom. The number of halogens is 3. The first-order valence-electron chi connectivity index (χ1n) is 9.01. The van der Waals surface area contributed by atoms with Gasteiger partial charge in [0.15, 0.2) is 6.10 Å². The van der Waals surface area contributed by atoms with E-state index in [-0.39, 0.29) is 12.4 Å². The molecule has 2 aliphatic rings. The maximum absolute atomic E-state index is 14.2. The van der Waals surface area contributed by atoms with E-state index in [4.69, 9.17) is 30.5 Å². The Balaban J connectivity index is 1.50. The minimum atomic E-state index is -3.90. The number of rotatable bonds is 5. The normalized spacial score (nSPS) is 32.3. The fourth-order valence-corrected chi connectivity index (χ4v) is 4.86. The SMILES string of the molecule is O=c1nc(N[P@@]2(=O)OC[C@H](c3cccc(Cl)c3)O2)ccn1[C@@H]1O[C@H](CO)[C@@H](O)C1(F)F. The largest absolute Gasteiger partial charge is 0.434 e. The van der Waals surface area contributed by atoms with Crippen LogP contribution in [0.25, 0.3) is 0 Å². The summed E-state index contributed by atoms with van der Waals surface area (Å²) >= 11 is 5.94. The van der Waals surface area contributed by atoms with Gasteiger partial charge in [-0.1, -0.05) is 23.7 Å². The van der Waals surface area contributed by atoms with Crippen molar-refractivity contribution in [1.82, 2.24) is 9.55 Å². The van der Waals surface area contributed by atoms with Crippen LogP contribution in [-0.2, 0) is 18.3 Å². The first-order chi connectivity index (χ1) is 14.6. The first-order valence-corrected chi connectivity index (χ1v) is 10.9. The molecule has 2 saturated heterocycles. The topological polar surface area (TPSA) is 132 Å². The zero-order valence-corrected chi connectivity index (χ0v) is 17.2. The minimum absolute atomic E-state index is 0.0513. The fraction of sp³-hybridized carbons (Fsp3) is 0.412. The summed E-state index contributed by atoms with van der Waals surface area (Å²) < 4.78 is 57.3. The maximum atomic E-state index is 14.2. The van der Waals surface area contributed by atoms with Gasteiger partial charge in [-0.05, 0) is 23.8 Å². The Bertz CT molecular complexity index is 1090.